The van der Waals surface area contributed by atoms with Crippen LogP contribution in [0.3, 0.4) is 0 Å². The van der Waals surface area contributed by atoms with Crippen molar-refractivity contribution in [2.24, 2.45) is 5.92 Å². The van der Waals surface area contributed by atoms with Gasteiger partial charge in [-0.1, -0.05) is 0 Å². The third kappa shape index (κ3) is 6.30. The Balaban J connectivity index is 3.99. The van der Waals surface area contributed by atoms with Gasteiger partial charge in [-0.15, -0.1) is 0 Å². The van der Waals surface area contributed by atoms with E-state index in [9.17, 15) is 9.59 Å². The van der Waals surface area contributed by atoms with Crippen molar-refractivity contribution in [2.45, 2.75) is 31.1 Å². The van der Waals surface area contributed by atoms with Crippen LogP contribution in [-0.2, 0) is 34.8 Å². The molecule has 0 amide bonds. The second kappa shape index (κ2) is 7.15. The molecule has 0 heterocycles. The average molecular weight is 235 g/mol. The Bertz CT molecular complexity index is 203. The van der Waals surface area contributed by atoms with Gasteiger partial charge in [0.25, 0.3) is 0 Å². The molecule has 0 aliphatic carbocycles. The first-order chi connectivity index (χ1) is 6.47. The molecule has 5 heteroatoms. The molecule has 0 radical (unpaired) electrons. The summed E-state index contributed by atoms with van der Waals surface area (Å²) in [6, 6.07) is 0. The number of carboxylic acids is 1. The van der Waals surface area contributed by atoms with Crippen molar-refractivity contribution in [1.82, 2.24) is 0 Å². The molecule has 1 unspecified atom stereocenters. The van der Waals surface area contributed by atoms with Crippen molar-refractivity contribution in [2.75, 3.05) is 6.61 Å². The van der Waals surface area contributed by atoms with Crippen molar-refractivity contribution in [3.05, 3.63) is 0 Å². The summed E-state index contributed by atoms with van der Waals surface area (Å²) in [7, 11) is 0. The van der Waals surface area contributed by atoms with Gasteiger partial charge in [0.15, 0.2) is 0 Å². The number of carbonyl (C=O) groups excluding carboxylic acids is 1. The Labute approximate surface area is 95.4 Å². The number of ketones is 1. The van der Waals surface area contributed by atoms with E-state index in [-0.39, 0.29) is 5.78 Å². The van der Waals surface area contributed by atoms with Gasteiger partial charge in [0.05, 0.1) is 0 Å². The number of hydrogen-bond acceptors (Lipinski definition) is 3. The van der Waals surface area contributed by atoms with E-state index in [0.29, 0.717) is 17.3 Å². The first-order valence-electron chi connectivity index (χ1n) is 4.48. The predicted octanol–water partition coefficient (Wildman–Crippen LogP) is 1.04. The van der Waals surface area contributed by atoms with Crippen molar-refractivity contribution >= 4 is 11.8 Å². The van der Waals surface area contributed by atoms with Gasteiger partial charge in [-0.25, -0.2) is 0 Å². The minimum atomic E-state index is -1.10. The van der Waals surface area contributed by atoms with Gasteiger partial charge in [0.2, 0.25) is 0 Å². The van der Waals surface area contributed by atoms with E-state index < -0.39 is 18.5 Å². The molecule has 0 saturated carbocycles. The normalized spacial score (nSPS) is 12.7. The first kappa shape index (κ1) is 13.8. The van der Waals surface area contributed by atoms with Crippen LogP contribution in [0.5, 0.6) is 0 Å². The molecule has 0 aromatic heterocycles. The quantitative estimate of drug-likeness (QED) is 0.528. The summed E-state index contributed by atoms with van der Waals surface area (Å²) in [4.78, 5) is 21.6. The third-order valence-corrected chi connectivity index (χ3v) is 2.08. The summed E-state index contributed by atoms with van der Waals surface area (Å²) in [5.41, 5.74) is 0. The van der Waals surface area contributed by atoms with Crippen LogP contribution in [0, 0.1) is 5.92 Å². The molecule has 1 atom stereocenters. The van der Waals surface area contributed by atoms with Gasteiger partial charge in [-0.05, 0) is 0 Å². The minimum absolute atomic E-state index is 0.347. The Morgan fingerprint density at radius 2 is 2.00 bits per heavy atom. The number of ether oxygens (including phenoxy) is 1. The summed E-state index contributed by atoms with van der Waals surface area (Å²) in [5, 5.41) is 8.43. The fraction of sp³-hybridized carbons (Fsp3) is 0.778. The molecule has 0 bridgehead atoms. The second-order valence-electron chi connectivity index (χ2n) is 3.46. The number of hydrogen-bond donors (Lipinski definition) is 1. The SMILES string of the molecule is CC(C)COC([CH2][Ti])C(=O)CC(=O)O. The van der Waals surface area contributed by atoms with E-state index in [1.54, 1.807) is 0 Å². The third-order valence-electron chi connectivity index (χ3n) is 1.50. The fourth-order valence-electron chi connectivity index (χ4n) is 0.837. The summed E-state index contributed by atoms with van der Waals surface area (Å²) < 4.78 is 5.83. The summed E-state index contributed by atoms with van der Waals surface area (Å²) in [6.45, 7) is 4.45. The Morgan fingerprint density at radius 1 is 1.43 bits per heavy atom. The molecule has 0 rings (SSSR count). The summed E-state index contributed by atoms with van der Waals surface area (Å²) in [6.07, 6.45) is -1.01. The maximum absolute atomic E-state index is 11.3. The van der Waals surface area contributed by atoms with Gasteiger partial charge in [0.1, 0.15) is 0 Å². The van der Waals surface area contributed by atoms with E-state index in [1.165, 1.54) is 0 Å². The average Bonchev–Trinajstić information content (AvgIpc) is 2.03. The number of rotatable bonds is 7. The fourth-order valence-corrected chi connectivity index (χ4v) is 1.38. The molecule has 79 valence electrons. The summed E-state index contributed by atoms with van der Waals surface area (Å²) >= 11 is 1.81. The Morgan fingerprint density at radius 3 is 2.36 bits per heavy atom. The molecule has 0 spiro atoms. The van der Waals surface area contributed by atoms with Crippen molar-refractivity contribution < 1.29 is 39.9 Å². The maximum atomic E-state index is 11.3. The van der Waals surface area contributed by atoms with Crippen LogP contribution in [-0.4, -0.2) is 29.6 Å². The van der Waals surface area contributed by atoms with Crippen LogP contribution < -0.4 is 0 Å². The predicted molar refractivity (Wildman–Crippen MR) is 46.6 cm³/mol. The molecule has 1 N–H and O–H groups in total. The molecular weight excluding hydrogens is 220 g/mol. The second-order valence-corrected chi connectivity index (χ2v) is 4.09. The van der Waals surface area contributed by atoms with Crippen LogP contribution in [0.15, 0.2) is 0 Å². The van der Waals surface area contributed by atoms with E-state index in [4.69, 9.17) is 9.84 Å². The molecule has 14 heavy (non-hydrogen) atoms. The molecule has 0 aromatic carbocycles. The van der Waals surface area contributed by atoms with Crippen LogP contribution in [0.1, 0.15) is 20.3 Å². The van der Waals surface area contributed by atoms with E-state index in [2.05, 4.69) is 0 Å². The van der Waals surface area contributed by atoms with Gasteiger partial charge < -0.3 is 0 Å². The van der Waals surface area contributed by atoms with E-state index >= 15 is 0 Å². The molecule has 0 aromatic rings. The van der Waals surface area contributed by atoms with Crippen LogP contribution in [0.2, 0.25) is 4.73 Å². The van der Waals surface area contributed by atoms with Gasteiger partial charge in [-0.2, -0.15) is 0 Å². The van der Waals surface area contributed by atoms with Crippen molar-refractivity contribution in [1.29, 1.82) is 0 Å². The van der Waals surface area contributed by atoms with Gasteiger partial charge >= 0.3 is 95.2 Å². The van der Waals surface area contributed by atoms with Crippen LogP contribution in [0.4, 0.5) is 0 Å². The standard InChI is InChI=1S/C9H15O4.Ti/c1-6(2)5-13-7(3)8(10)4-9(11)12;/h6-7H,3-5H2,1-2H3,(H,11,12);. The Hall–Kier alpha value is -0.186. The zero-order valence-electron chi connectivity index (χ0n) is 8.45. The number of Topliss-reactive ketones (excluding diaryl/α,β-unsaturated/α-hetero) is 1. The number of aliphatic carboxylic acids is 1. The van der Waals surface area contributed by atoms with E-state index in [1.807, 2.05) is 34.3 Å². The number of carbonyl (C=O) groups is 2. The summed E-state index contributed by atoms with van der Waals surface area (Å²) in [5.74, 6) is -1.09. The van der Waals surface area contributed by atoms with Crippen molar-refractivity contribution in [3.8, 4) is 0 Å². The van der Waals surface area contributed by atoms with Crippen LogP contribution >= 0.6 is 0 Å². The van der Waals surface area contributed by atoms with E-state index in [0.717, 1.165) is 0 Å². The molecular formula is C9H15O4Ti. The molecule has 0 saturated heterocycles. The topological polar surface area (TPSA) is 63.6 Å². The first-order valence-corrected chi connectivity index (χ1v) is 5.58. The molecule has 0 fully saturated rings. The van der Waals surface area contributed by atoms with Gasteiger partial charge in [-0.3, -0.25) is 0 Å². The monoisotopic (exact) mass is 235 g/mol. The van der Waals surface area contributed by atoms with Gasteiger partial charge in [0, 0.05) is 0 Å². The zero-order valence-corrected chi connectivity index (χ0v) is 10.0. The van der Waals surface area contributed by atoms with Crippen LogP contribution in [0.25, 0.3) is 0 Å². The number of carboxylic acid groups (broad SMARTS) is 1. The zero-order chi connectivity index (χ0) is 11.1. The molecule has 0 aliphatic rings. The Kier molecular flexibility index (Phi) is 7.06. The molecule has 0 aliphatic heterocycles. The van der Waals surface area contributed by atoms with Crippen molar-refractivity contribution in [3.63, 3.8) is 0 Å². The molecule has 4 nitrogen and oxygen atoms in total.